The number of benzene rings is 1. The highest BCUT2D eigenvalue weighted by molar-refractivity contribution is 14.1. The van der Waals surface area contributed by atoms with E-state index < -0.39 is 24.3 Å². The van der Waals surface area contributed by atoms with Gasteiger partial charge in [0.1, 0.15) is 5.75 Å². The molecule has 7 heteroatoms. The summed E-state index contributed by atoms with van der Waals surface area (Å²) >= 11 is 2.07. The van der Waals surface area contributed by atoms with Crippen molar-refractivity contribution in [3.05, 3.63) is 27.8 Å². The molecule has 0 aliphatic carbocycles. The lowest BCUT2D eigenvalue weighted by atomic mass is 10.3. The fourth-order valence-corrected chi connectivity index (χ4v) is 1.50. The van der Waals surface area contributed by atoms with E-state index in [-0.39, 0.29) is 12.2 Å². The zero-order valence-corrected chi connectivity index (χ0v) is 12.3. The molecular formula is C12H13FINO4. The molecule has 19 heavy (non-hydrogen) atoms. The molecule has 1 rings (SSSR count). The topological polar surface area (TPSA) is 78.6 Å². The van der Waals surface area contributed by atoms with E-state index in [4.69, 9.17) is 10.5 Å². The third kappa shape index (κ3) is 5.97. The van der Waals surface area contributed by atoms with Crippen molar-refractivity contribution in [1.29, 1.82) is 0 Å². The standard InChI is InChI=1S/C12H13FINO4/c1-7(15)6-10(16)19-11(13)12(17)18-9-4-2-8(14)3-5-9/h2-5,7,11H,6,15H2,1H3. The van der Waals surface area contributed by atoms with Crippen LogP contribution in [0.3, 0.4) is 0 Å². The summed E-state index contributed by atoms with van der Waals surface area (Å²) in [4.78, 5) is 22.4. The molecule has 0 bridgehead atoms. The van der Waals surface area contributed by atoms with E-state index in [1.54, 1.807) is 19.1 Å². The first-order chi connectivity index (χ1) is 8.88. The van der Waals surface area contributed by atoms with Crippen molar-refractivity contribution < 1.29 is 23.5 Å². The maximum Gasteiger partial charge on any atom is 0.386 e. The van der Waals surface area contributed by atoms with Crippen LogP contribution in [0.1, 0.15) is 13.3 Å². The molecule has 1 aromatic carbocycles. The van der Waals surface area contributed by atoms with E-state index in [2.05, 4.69) is 27.3 Å². The Labute approximate surface area is 123 Å². The summed E-state index contributed by atoms with van der Waals surface area (Å²) in [5.74, 6) is -1.99. The normalized spacial score (nSPS) is 13.5. The minimum absolute atomic E-state index is 0.169. The third-order valence-electron chi connectivity index (χ3n) is 1.94. The largest absolute Gasteiger partial charge is 0.422 e. The Morgan fingerprint density at radius 1 is 1.37 bits per heavy atom. The number of nitrogens with two attached hydrogens (primary N) is 1. The highest BCUT2D eigenvalue weighted by Gasteiger charge is 2.24. The van der Waals surface area contributed by atoms with Gasteiger partial charge < -0.3 is 15.2 Å². The molecule has 0 saturated heterocycles. The second kappa shape index (κ2) is 7.39. The van der Waals surface area contributed by atoms with Gasteiger partial charge in [0.15, 0.2) is 0 Å². The summed E-state index contributed by atoms with van der Waals surface area (Å²) in [7, 11) is 0. The first kappa shape index (κ1) is 15.8. The molecule has 0 amide bonds. The molecule has 1 aromatic rings. The number of hydrogen-bond acceptors (Lipinski definition) is 5. The second-order valence-corrected chi connectivity index (χ2v) is 5.11. The lowest BCUT2D eigenvalue weighted by Crippen LogP contribution is -2.29. The van der Waals surface area contributed by atoms with Crippen LogP contribution in [0.15, 0.2) is 24.3 Å². The predicted octanol–water partition coefficient (Wildman–Crippen LogP) is 1.77. The van der Waals surface area contributed by atoms with Crippen LogP contribution in [0, 0.1) is 3.57 Å². The summed E-state index contributed by atoms with van der Waals surface area (Å²) in [6, 6.07) is 5.94. The molecule has 0 aliphatic rings. The molecular weight excluding hydrogens is 368 g/mol. The van der Waals surface area contributed by atoms with Crippen LogP contribution >= 0.6 is 22.6 Å². The summed E-state index contributed by atoms with van der Waals surface area (Å²) in [6.07, 6.45) is -2.62. The van der Waals surface area contributed by atoms with Crippen LogP contribution in [-0.4, -0.2) is 24.3 Å². The first-order valence-corrected chi connectivity index (χ1v) is 6.52. The minimum Gasteiger partial charge on any atom is -0.422 e. The molecule has 0 fully saturated rings. The summed E-state index contributed by atoms with van der Waals surface area (Å²) < 4.78 is 23.2. The maximum atomic E-state index is 13.3. The minimum atomic E-state index is -2.45. The van der Waals surface area contributed by atoms with Gasteiger partial charge in [-0.05, 0) is 53.8 Å². The van der Waals surface area contributed by atoms with E-state index in [1.165, 1.54) is 12.1 Å². The van der Waals surface area contributed by atoms with Crippen LogP contribution in [-0.2, 0) is 14.3 Å². The van der Waals surface area contributed by atoms with E-state index in [9.17, 15) is 14.0 Å². The van der Waals surface area contributed by atoms with Crippen LogP contribution in [0.4, 0.5) is 4.39 Å². The van der Waals surface area contributed by atoms with Gasteiger partial charge >= 0.3 is 18.3 Å². The fourth-order valence-electron chi connectivity index (χ4n) is 1.14. The Morgan fingerprint density at radius 3 is 2.47 bits per heavy atom. The Hall–Kier alpha value is -1.22. The monoisotopic (exact) mass is 381 g/mol. The number of carbonyl (C=O) groups excluding carboxylic acids is 2. The number of rotatable bonds is 5. The number of ether oxygens (including phenoxy) is 2. The number of halogens is 2. The van der Waals surface area contributed by atoms with Gasteiger partial charge in [-0.3, -0.25) is 4.79 Å². The Kier molecular flexibility index (Phi) is 6.16. The van der Waals surface area contributed by atoms with Crippen molar-refractivity contribution in [2.45, 2.75) is 25.7 Å². The molecule has 0 radical (unpaired) electrons. The van der Waals surface area contributed by atoms with Crippen molar-refractivity contribution >= 4 is 34.5 Å². The molecule has 2 unspecified atom stereocenters. The Bertz CT molecular complexity index is 450. The van der Waals surface area contributed by atoms with Gasteiger partial charge in [0.05, 0.1) is 6.42 Å². The van der Waals surface area contributed by atoms with Gasteiger partial charge in [0, 0.05) is 9.61 Å². The first-order valence-electron chi connectivity index (χ1n) is 5.45. The molecule has 2 atom stereocenters. The highest BCUT2D eigenvalue weighted by atomic mass is 127. The van der Waals surface area contributed by atoms with Gasteiger partial charge in [0.2, 0.25) is 0 Å². The van der Waals surface area contributed by atoms with E-state index in [0.29, 0.717) is 0 Å². The lowest BCUT2D eigenvalue weighted by molar-refractivity contribution is -0.174. The molecule has 0 aromatic heterocycles. The zero-order valence-electron chi connectivity index (χ0n) is 10.1. The molecule has 104 valence electrons. The average Bonchev–Trinajstić information content (AvgIpc) is 2.30. The van der Waals surface area contributed by atoms with Gasteiger partial charge in [0.25, 0.3) is 0 Å². The van der Waals surface area contributed by atoms with Gasteiger partial charge in [-0.25, -0.2) is 4.79 Å². The fraction of sp³-hybridized carbons (Fsp3) is 0.333. The summed E-state index contributed by atoms with van der Waals surface area (Å²) in [6.45, 7) is 1.57. The SMILES string of the molecule is CC(N)CC(=O)OC(F)C(=O)Oc1ccc(I)cc1. The number of hydrogen-bond donors (Lipinski definition) is 1. The van der Waals surface area contributed by atoms with Crippen molar-refractivity contribution in [2.24, 2.45) is 5.73 Å². The zero-order chi connectivity index (χ0) is 14.4. The van der Waals surface area contributed by atoms with Gasteiger partial charge in [-0.1, -0.05) is 0 Å². The van der Waals surface area contributed by atoms with E-state index in [0.717, 1.165) is 3.57 Å². The van der Waals surface area contributed by atoms with Crippen LogP contribution in [0.25, 0.3) is 0 Å². The second-order valence-electron chi connectivity index (χ2n) is 3.86. The van der Waals surface area contributed by atoms with Crippen LogP contribution in [0.2, 0.25) is 0 Å². The molecule has 0 spiro atoms. The van der Waals surface area contributed by atoms with E-state index in [1.807, 2.05) is 0 Å². The van der Waals surface area contributed by atoms with Crippen molar-refractivity contribution in [2.75, 3.05) is 0 Å². The molecule has 0 saturated carbocycles. The highest BCUT2D eigenvalue weighted by Crippen LogP contribution is 2.15. The maximum absolute atomic E-state index is 13.3. The van der Waals surface area contributed by atoms with Crippen molar-refractivity contribution in [3.63, 3.8) is 0 Å². The number of alkyl halides is 1. The van der Waals surface area contributed by atoms with E-state index >= 15 is 0 Å². The van der Waals surface area contributed by atoms with Crippen molar-refractivity contribution in [3.8, 4) is 5.75 Å². The predicted molar refractivity (Wildman–Crippen MR) is 74.0 cm³/mol. The van der Waals surface area contributed by atoms with Gasteiger partial charge in [-0.15, -0.1) is 0 Å². The number of carbonyl (C=O) groups is 2. The molecule has 5 nitrogen and oxygen atoms in total. The van der Waals surface area contributed by atoms with Crippen LogP contribution < -0.4 is 10.5 Å². The Morgan fingerprint density at radius 2 is 1.95 bits per heavy atom. The smallest absolute Gasteiger partial charge is 0.386 e. The van der Waals surface area contributed by atoms with Crippen molar-refractivity contribution in [1.82, 2.24) is 0 Å². The third-order valence-corrected chi connectivity index (χ3v) is 2.66. The average molecular weight is 381 g/mol. The summed E-state index contributed by atoms with van der Waals surface area (Å²) in [5.41, 5.74) is 5.34. The quantitative estimate of drug-likeness (QED) is 0.478. The molecule has 2 N–H and O–H groups in total. The van der Waals surface area contributed by atoms with Gasteiger partial charge in [-0.2, -0.15) is 4.39 Å². The Balaban J connectivity index is 2.48. The molecule has 0 aliphatic heterocycles. The summed E-state index contributed by atoms with van der Waals surface area (Å²) in [5, 5.41) is 0. The lowest BCUT2D eigenvalue weighted by Gasteiger charge is -2.10. The number of esters is 2. The molecule has 0 heterocycles. The van der Waals surface area contributed by atoms with Crippen LogP contribution in [0.5, 0.6) is 5.75 Å².